The van der Waals surface area contributed by atoms with Crippen molar-refractivity contribution in [1.82, 2.24) is 15.1 Å². The van der Waals surface area contributed by atoms with Gasteiger partial charge in [-0.3, -0.25) is 14.5 Å². The number of hydrogen-bond donors (Lipinski definition) is 1. The van der Waals surface area contributed by atoms with Crippen molar-refractivity contribution in [2.45, 2.75) is 26.3 Å². The van der Waals surface area contributed by atoms with Crippen LogP contribution < -0.4 is 5.32 Å². The van der Waals surface area contributed by atoms with Gasteiger partial charge in [0.1, 0.15) is 0 Å². The van der Waals surface area contributed by atoms with Crippen LogP contribution >= 0.6 is 0 Å². The molecule has 1 heterocycles. The van der Waals surface area contributed by atoms with Crippen molar-refractivity contribution >= 4 is 11.8 Å². The highest BCUT2D eigenvalue weighted by Gasteiger charge is 2.22. The predicted molar refractivity (Wildman–Crippen MR) is 69.7 cm³/mol. The molecule has 2 amide bonds. The van der Waals surface area contributed by atoms with Gasteiger partial charge in [0.2, 0.25) is 5.91 Å². The fraction of sp³-hybridized carbons (Fsp3) is 0.692. The second-order valence-corrected chi connectivity index (χ2v) is 5.51. The molecule has 0 bridgehead atoms. The molecule has 0 saturated carbocycles. The van der Waals surface area contributed by atoms with Gasteiger partial charge in [0.15, 0.2) is 0 Å². The minimum atomic E-state index is -0.270. The van der Waals surface area contributed by atoms with Crippen molar-refractivity contribution in [2.24, 2.45) is 0 Å². The van der Waals surface area contributed by atoms with Crippen LogP contribution in [0.25, 0.3) is 0 Å². The first kappa shape index (κ1) is 14.5. The summed E-state index contributed by atoms with van der Waals surface area (Å²) in [5.41, 5.74) is -0.210. The molecule has 0 aromatic heterocycles. The first-order valence-electron chi connectivity index (χ1n) is 6.11. The maximum absolute atomic E-state index is 11.7. The Balaban J connectivity index is 2.34. The van der Waals surface area contributed by atoms with Crippen LogP contribution in [0.15, 0.2) is 0 Å². The van der Waals surface area contributed by atoms with Crippen LogP contribution in [0.5, 0.6) is 0 Å². The Morgan fingerprint density at radius 3 is 2.22 bits per heavy atom. The molecule has 5 nitrogen and oxygen atoms in total. The van der Waals surface area contributed by atoms with Crippen molar-refractivity contribution in [1.29, 1.82) is 0 Å². The summed E-state index contributed by atoms with van der Waals surface area (Å²) in [6.45, 7) is 8.78. The summed E-state index contributed by atoms with van der Waals surface area (Å²) >= 11 is 0. The molecule has 100 valence electrons. The summed E-state index contributed by atoms with van der Waals surface area (Å²) < 4.78 is 0. The van der Waals surface area contributed by atoms with E-state index < -0.39 is 0 Å². The van der Waals surface area contributed by atoms with E-state index >= 15 is 0 Å². The number of nitrogens with one attached hydrogen (secondary N) is 1. The SMILES string of the molecule is C#CC(=O)N1CCN(CC(=O)NC(C)(C)C)CC1. The lowest BCUT2D eigenvalue weighted by molar-refractivity contribution is -0.127. The molecule has 0 unspecified atom stereocenters. The first-order valence-corrected chi connectivity index (χ1v) is 6.11. The molecule has 0 aromatic carbocycles. The number of terminal acetylenes is 1. The van der Waals surface area contributed by atoms with E-state index in [2.05, 4.69) is 11.2 Å². The van der Waals surface area contributed by atoms with Gasteiger partial charge in [0, 0.05) is 31.7 Å². The summed E-state index contributed by atoms with van der Waals surface area (Å²) in [7, 11) is 0. The molecule has 1 rings (SSSR count). The lowest BCUT2D eigenvalue weighted by Crippen LogP contribution is -2.52. The highest BCUT2D eigenvalue weighted by molar-refractivity contribution is 5.92. The van der Waals surface area contributed by atoms with Crippen LogP contribution in [-0.2, 0) is 9.59 Å². The number of carbonyl (C=O) groups excluding carboxylic acids is 2. The molecule has 1 aliphatic rings. The van der Waals surface area contributed by atoms with E-state index in [-0.39, 0.29) is 17.4 Å². The summed E-state index contributed by atoms with van der Waals surface area (Å²) in [5.74, 6) is 1.85. The van der Waals surface area contributed by atoms with Crippen LogP contribution in [0.3, 0.4) is 0 Å². The number of rotatable bonds is 2. The van der Waals surface area contributed by atoms with Crippen LogP contribution in [0, 0.1) is 12.3 Å². The van der Waals surface area contributed by atoms with Gasteiger partial charge in [-0.05, 0) is 26.7 Å². The minimum absolute atomic E-state index is 0.0132. The standard InChI is InChI=1S/C13H21N3O2/c1-5-12(18)16-8-6-15(7-9-16)10-11(17)14-13(2,3)4/h1H,6-10H2,2-4H3,(H,14,17). The van der Waals surface area contributed by atoms with Crippen molar-refractivity contribution in [3.63, 3.8) is 0 Å². The Morgan fingerprint density at radius 2 is 1.78 bits per heavy atom. The lowest BCUT2D eigenvalue weighted by atomic mass is 10.1. The first-order chi connectivity index (χ1) is 8.31. The average Bonchev–Trinajstić information content (AvgIpc) is 2.26. The highest BCUT2D eigenvalue weighted by atomic mass is 16.2. The second-order valence-electron chi connectivity index (χ2n) is 5.51. The van der Waals surface area contributed by atoms with Gasteiger partial charge in [-0.2, -0.15) is 0 Å². The van der Waals surface area contributed by atoms with E-state index in [9.17, 15) is 9.59 Å². The molecular formula is C13H21N3O2. The molecule has 0 atom stereocenters. The molecule has 1 fully saturated rings. The Morgan fingerprint density at radius 1 is 1.22 bits per heavy atom. The molecule has 0 aliphatic carbocycles. The Kier molecular flexibility index (Phi) is 4.74. The van der Waals surface area contributed by atoms with Gasteiger partial charge >= 0.3 is 0 Å². The van der Waals surface area contributed by atoms with Crippen LogP contribution in [0.1, 0.15) is 20.8 Å². The Hall–Kier alpha value is -1.54. The Bertz CT molecular complexity index is 357. The van der Waals surface area contributed by atoms with E-state index in [0.29, 0.717) is 32.7 Å². The molecule has 1 saturated heterocycles. The number of nitrogens with zero attached hydrogens (tertiary/aromatic N) is 2. The lowest BCUT2D eigenvalue weighted by Gasteiger charge is -2.33. The third-order valence-corrected chi connectivity index (χ3v) is 2.66. The normalized spacial score (nSPS) is 17.1. The molecule has 0 spiro atoms. The fourth-order valence-electron chi connectivity index (χ4n) is 1.86. The maximum Gasteiger partial charge on any atom is 0.298 e. The highest BCUT2D eigenvalue weighted by Crippen LogP contribution is 2.03. The molecule has 0 aromatic rings. The van der Waals surface area contributed by atoms with Crippen LogP contribution in [-0.4, -0.2) is 59.9 Å². The van der Waals surface area contributed by atoms with Gasteiger partial charge in [0.25, 0.3) is 5.91 Å². The van der Waals surface area contributed by atoms with Crippen molar-refractivity contribution in [3.8, 4) is 12.3 Å². The zero-order valence-electron chi connectivity index (χ0n) is 11.3. The molecule has 1 N–H and O–H groups in total. The molecule has 5 heteroatoms. The van der Waals surface area contributed by atoms with Crippen molar-refractivity contribution < 1.29 is 9.59 Å². The van der Waals surface area contributed by atoms with Gasteiger partial charge in [-0.25, -0.2) is 0 Å². The van der Waals surface area contributed by atoms with Gasteiger partial charge in [-0.1, -0.05) is 0 Å². The number of piperazine rings is 1. The maximum atomic E-state index is 11.7. The second kappa shape index (κ2) is 5.87. The fourth-order valence-corrected chi connectivity index (χ4v) is 1.86. The summed E-state index contributed by atoms with van der Waals surface area (Å²) in [5, 5.41) is 2.92. The van der Waals surface area contributed by atoms with Crippen molar-refractivity contribution in [2.75, 3.05) is 32.7 Å². The van der Waals surface area contributed by atoms with Crippen molar-refractivity contribution in [3.05, 3.63) is 0 Å². The van der Waals surface area contributed by atoms with E-state index in [0.717, 1.165) is 0 Å². The Labute approximate surface area is 109 Å². The van der Waals surface area contributed by atoms with E-state index in [1.807, 2.05) is 25.7 Å². The zero-order chi connectivity index (χ0) is 13.8. The summed E-state index contributed by atoms with van der Waals surface area (Å²) in [6, 6.07) is 0. The summed E-state index contributed by atoms with van der Waals surface area (Å²) in [6.07, 6.45) is 5.07. The minimum Gasteiger partial charge on any atom is -0.350 e. The average molecular weight is 251 g/mol. The quantitative estimate of drug-likeness (QED) is 0.684. The zero-order valence-corrected chi connectivity index (χ0v) is 11.3. The monoisotopic (exact) mass is 251 g/mol. The van der Waals surface area contributed by atoms with Crippen LogP contribution in [0.4, 0.5) is 0 Å². The molecule has 1 aliphatic heterocycles. The number of hydrogen-bond acceptors (Lipinski definition) is 3. The predicted octanol–water partition coefficient (Wildman–Crippen LogP) is -0.321. The van der Waals surface area contributed by atoms with E-state index in [1.165, 1.54) is 0 Å². The smallest absolute Gasteiger partial charge is 0.298 e. The van der Waals surface area contributed by atoms with Crippen LogP contribution in [0.2, 0.25) is 0 Å². The molecule has 0 radical (unpaired) electrons. The molecular weight excluding hydrogens is 230 g/mol. The van der Waals surface area contributed by atoms with Gasteiger partial charge < -0.3 is 10.2 Å². The topological polar surface area (TPSA) is 52.7 Å². The largest absolute Gasteiger partial charge is 0.350 e. The summed E-state index contributed by atoms with van der Waals surface area (Å²) in [4.78, 5) is 26.7. The third-order valence-electron chi connectivity index (χ3n) is 2.66. The van der Waals surface area contributed by atoms with E-state index in [1.54, 1.807) is 4.90 Å². The number of carbonyl (C=O) groups is 2. The molecule has 18 heavy (non-hydrogen) atoms. The number of amides is 2. The van der Waals surface area contributed by atoms with Gasteiger partial charge in [-0.15, -0.1) is 6.42 Å². The third kappa shape index (κ3) is 4.76. The van der Waals surface area contributed by atoms with E-state index in [4.69, 9.17) is 6.42 Å². The van der Waals surface area contributed by atoms with Gasteiger partial charge in [0.05, 0.1) is 6.54 Å².